The first kappa shape index (κ1) is 18.3. The maximum atomic E-state index is 12.3. The number of hydrazine groups is 1. The number of amides is 1. The lowest BCUT2D eigenvalue weighted by Crippen LogP contribution is -2.50. The predicted molar refractivity (Wildman–Crippen MR) is 99.0 cm³/mol. The average molecular weight is 402 g/mol. The van der Waals surface area contributed by atoms with E-state index in [1.807, 2.05) is 0 Å². The molecule has 0 saturated heterocycles. The third-order valence-electron chi connectivity index (χ3n) is 4.64. The van der Waals surface area contributed by atoms with Crippen LogP contribution in [0.2, 0.25) is 0 Å². The van der Waals surface area contributed by atoms with Crippen LogP contribution in [-0.2, 0) is 24.6 Å². The van der Waals surface area contributed by atoms with E-state index in [1.165, 1.54) is 26.2 Å². The number of hydrogen-bond acceptors (Lipinski definition) is 9. The molecule has 1 amide bonds. The minimum Gasteiger partial charge on any atom is -0.363 e. The molecule has 0 spiro atoms. The van der Waals surface area contributed by atoms with Crippen LogP contribution in [0.1, 0.15) is 5.56 Å². The summed E-state index contributed by atoms with van der Waals surface area (Å²) >= 11 is 0. The second-order valence-electron chi connectivity index (χ2n) is 6.39. The van der Waals surface area contributed by atoms with Gasteiger partial charge in [-0.2, -0.15) is 10.4 Å². The van der Waals surface area contributed by atoms with Gasteiger partial charge in [-0.3, -0.25) is 34.3 Å². The maximum Gasteiger partial charge on any atom is 0.332 e. The van der Waals surface area contributed by atoms with E-state index in [9.17, 15) is 29.6 Å². The summed E-state index contributed by atoms with van der Waals surface area (Å²) in [4.78, 5) is 53.5. The normalized spacial score (nSPS) is 18.0. The van der Waals surface area contributed by atoms with Gasteiger partial charge in [-0.15, -0.1) is 0 Å². The third kappa shape index (κ3) is 2.58. The van der Waals surface area contributed by atoms with Crippen LogP contribution in [0, 0.1) is 10.1 Å². The van der Waals surface area contributed by atoms with Gasteiger partial charge in [0.25, 0.3) is 17.2 Å². The van der Waals surface area contributed by atoms with Crippen LogP contribution in [-0.4, -0.2) is 35.0 Å². The molecular weight excluding hydrogens is 388 g/mol. The number of benzene rings is 1. The zero-order valence-corrected chi connectivity index (χ0v) is 15.0. The highest BCUT2D eigenvalue weighted by molar-refractivity contribution is 6.04. The van der Waals surface area contributed by atoms with Crippen LogP contribution in [0.25, 0.3) is 11.2 Å². The molecule has 0 saturated carbocycles. The fraction of sp³-hybridized carbons (Fsp3) is 0.200. The summed E-state index contributed by atoms with van der Waals surface area (Å²) in [6.45, 7) is 0. The van der Waals surface area contributed by atoms with E-state index in [4.69, 9.17) is 0 Å². The van der Waals surface area contributed by atoms with E-state index < -0.39 is 27.8 Å². The Morgan fingerprint density at radius 2 is 1.97 bits per heavy atom. The number of anilines is 2. The van der Waals surface area contributed by atoms with Crippen LogP contribution >= 0.6 is 0 Å². The fourth-order valence-corrected chi connectivity index (χ4v) is 3.05. The summed E-state index contributed by atoms with van der Waals surface area (Å²) in [5, 5.41) is 24.2. The number of carbonyl (C=O) groups is 1. The van der Waals surface area contributed by atoms with Crippen molar-refractivity contribution >= 4 is 34.4 Å². The highest BCUT2D eigenvalue weighted by atomic mass is 16.6. The third-order valence-corrected chi connectivity index (χ3v) is 4.64. The number of non-ortho nitro benzene ring substituents is 1. The van der Waals surface area contributed by atoms with Crippen molar-refractivity contribution in [1.29, 1.82) is 0 Å². The Morgan fingerprint density at radius 1 is 1.24 bits per heavy atom. The number of nitrogens with zero attached hydrogens (tertiary/aromatic N) is 4. The number of aromatic amines is 1. The largest absolute Gasteiger partial charge is 0.363 e. The minimum atomic E-state index is -2.35. The van der Waals surface area contributed by atoms with E-state index in [2.05, 4.69) is 26.1 Å². The maximum absolute atomic E-state index is 12.3. The van der Waals surface area contributed by atoms with Crippen molar-refractivity contribution in [2.45, 2.75) is 5.72 Å². The molecule has 14 nitrogen and oxygen atoms in total. The Balaban J connectivity index is 1.70. The van der Waals surface area contributed by atoms with Gasteiger partial charge in [-0.25, -0.2) is 4.79 Å². The lowest BCUT2D eigenvalue weighted by Gasteiger charge is -2.22. The van der Waals surface area contributed by atoms with E-state index in [0.29, 0.717) is 0 Å². The Hall–Kier alpha value is -4.04. The van der Waals surface area contributed by atoms with E-state index >= 15 is 0 Å². The zero-order valence-electron chi connectivity index (χ0n) is 15.0. The molecule has 4 rings (SSSR count). The molecule has 2 aromatic heterocycles. The number of nitro groups is 1. The number of carbonyl (C=O) groups excluding carboxylic acids is 1. The van der Waals surface area contributed by atoms with Gasteiger partial charge >= 0.3 is 5.69 Å². The number of fused-ring (bicyclic) bond motifs is 2. The second-order valence-corrected chi connectivity index (χ2v) is 6.39. The molecule has 3 heterocycles. The van der Waals surface area contributed by atoms with Gasteiger partial charge in [0.2, 0.25) is 11.7 Å². The van der Waals surface area contributed by atoms with Crippen LogP contribution in [0.5, 0.6) is 0 Å². The molecule has 0 radical (unpaired) electrons. The van der Waals surface area contributed by atoms with Crippen molar-refractivity contribution in [3.05, 3.63) is 54.7 Å². The first-order chi connectivity index (χ1) is 13.6. The van der Waals surface area contributed by atoms with Gasteiger partial charge in [-0.1, -0.05) is 0 Å². The topological polar surface area (TPSA) is 189 Å². The van der Waals surface area contributed by atoms with Crippen molar-refractivity contribution in [3.8, 4) is 0 Å². The summed E-state index contributed by atoms with van der Waals surface area (Å²) in [6.07, 6.45) is 0. The molecule has 1 aliphatic heterocycles. The average Bonchev–Trinajstić information content (AvgIpc) is 3.23. The standard InChI is InChI=1S/C15H14N8O6/c1-21-10-9(11(24)22(2)14(21)26)17-13(18-10)19-20-15(27)7-5-6(23(28)29)3-4-8(7)16-12(15)25/h3-5,20,27H,1-2H3,(H,16,25)(H2,17,18,19). The number of nitrogens with one attached hydrogen (secondary N) is 4. The molecule has 150 valence electrons. The number of nitro benzene ring substituents is 1. The van der Waals surface area contributed by atoms with Gasteiger partial charge in [-0.05, 0) is 6.07 Å². The number of aliphatic hydroxyl groups is 1. The van der Waals surface area contributed by atoms with E-state index in [0.717, 1.165) is 15.2 Å². The predicted octanol–water partition coefficient (Wildman–Crippen LogP) is -1.42. The van der Waals surface area contributed by atoms with E-state index in [1.54, 1.807) is 0 Å². The first-order valence-electron chi connectivity index (χ1n) is 8.15. The van der Waals surface area contributed by atoms with Crippen LogP contribution in [0.15, 0.2) is 27.8 Å². The summed E-state index contributed by atoms with van der Waals surface area (Å²) in [6, 6.07) is 3.54. The van der Waals surface area contributed by atoms with Gasteiger partial charge < -0.3 is 15.4 Å². The van der Waals surface area contributed by atoms with Crippen molar-refractivity contribution in [2.75, 3.05) is 10.7 Å². The minimum absolute atomic E-state index is 0.0257. The number of aryl methyl sites for hydroxylation is 1. The smallest absolute Gasteiger partial charge is 0.332 e. The fourth-order valence-electron chi connectivity index (χ4n) is 3.05. The summed E-state index contributed by atoms with van der Waals surface area (Å²) in [5.74, 6) is -0.946. The number of hydrogen-bond donors (Lipinski definition) is 5. The highest BCUT2D eigenvalue weighted by Crippen LogP contribution is 2.36. The van der Waals surface area contributed by atoms with Crippen LogP contribution in [0.3, 0.4) is 0 Å². The van der Waals surface area contributed by atoms with Gasteiger partial charge in [0.15, 0.2) is 11.2 Å². The lowest BCUT2D eigenvalue weighted by atomic mass is 10.0. The quantitative estimate of drug-likeness (QED) is 0.198. The second kappa shape index (κ2) is 5.98. The number of aromatic nitrogens is 4. The molecule has 14 heteroatoms. The molecular formula is C15H14N8O6. The van der Waals surface area contributed by atoms with Crippen molar-refractivity contribution in [2.24, 2.45) is 14.1 Å². The molecule has 1 atom stereocenters. The molecule has 1 unspecified atom stereocenters. The monoisotopic (exact) mass is 402 g/mol. The molecule has 5 N–H and O–H groups in total. The Kier molecular flexibility index (Phi) is 3.78. The Morgan fingerprint density at radius 3 is 2.66 bits per heavy atom. The zero-order chi connectivity index (χ0) is 21.1. The van der Waals surface area contributed by atoms with Crippen LogP contribution in [0.4, 0.5) is 17.3 Å². The van der Waals surface area contributed by atoms with Gasteiger partial charge in [0.1, 0.15) is 0 Å². The molecule has 0 aliphatic carbocycles. The molecule has 29 heavy (non-hydrogen) atoms. The van der Waals surface area contributed by atoms with Crippen molar-refractivity contribution < 1.29 is 14.8 Å². The number of rotatable bonds is 4. The summed E-state index contributed by atoms with van der Waals surface area (Å²) in [7, 11) is 2.74. The molecule has 0 bridgehead atoms. The first-order valence-corrected chi connectivity index (χ1v) is 8.15. The molecule has 0 fully saturated rings. The molecule has 1 aliphatic rings. The molecule has 3 aromatic rings. The number of imidazole rings is 1. The van der Waals surface area contributed by atoms with Gasteiger partial charge in [0, 0.05) is 37.5 Å². The Bertz CT molecular complexity index is 1320. The van der Waals surface area contributed by atoms with Crippen molar-refractivity contribution in [1.82, 2.24) is 24.5 Å². The van der Waals surface area contributed by atoms with Crippen LogP contribution < -0.4 is 27.4 Å². The van der Waals surface area contributed by atoms with Crippen molar-refractivity contribution in [3.63, 3.8) is 0 Å². The summed E-state index contributed by atoms with van der Waals surface area (Å²) < 4.78 is 2.04. The number of H-pyrrole nitrogens is 1. The van der Waals surface area contributed by atoms with Gasteiger partial charge in [0.05, 0.1) is 4.92 Å². The SMILES string of the molecule is Cn1c(=O)c2[nH]c(NNC3(O)C(=O)Nc4ccc([N+](=O)[O-])cc43)nc2n(C)c1=O. The molecule has 1 aromatic carbocycles. The summed E-state index contributed by atoms with van der Waals surface area (Å²) in [5.41, 5.74) is 1.18. The van der Waals surface area contributed by atoms with E-state index in [-0.39, 0.29) is 34.1 Å². The lowest BCUT2D eigenvalue weighted by molar-refractivity contribution is -0.385. The Labute approximate surface area is 159 Å². The highest BCUT2D eigenvalue weighted by Gasteiger charge is 2.46.